The first-order chi connectivity index (χ1) is 8.81. The third kappa shape index (κ3) is 2.38. The van der Waals surface area contributed by atoms with Gasteiger partial charge in [-0.2, -0.15) is 5.10 Å². The maximum Gasteiger partial charge on any atom is 0.0679 e. The molecule has 1 saturated carbocycles. The van der Waals surface area contributed by atoms with Crippen molar-refractivity contribution in [3.8, 4) is 0 Å². The lowest BCUT2D eigenvalue weighted by Gasteiger charge is -2.34. The summed E-state index contributed by atoms with van der Waals surface area (Å²) in [5.41, 5.74) is 8.28. The highest BCUT2D eigenvalue weighted by Crippen LogP contribution is 2.25. The molecule has 4 heteroatoms. The topological polar surface area (TPSA) is 55.9 Å². The summed E-state index contributed by atoms with van der Waals surface area (Å²) in [5.74, 6) is 0. The predicted molar refractivity (Wildman–Crippen MR) is 72.4 cm³/mol. The molecule has 0 saturated heterocycles. The smallest absolute Gasteiger partial charge is 0.0679 e. The van der Waals surface area contributed by atoms with Crippen LogP contribution in [-0.2, 0) is 6.54 Å². The van der Waals surface area contributed by atoms with Gasteiger partial charge in [0.05, 0.1) is 6.54 Å². The molecule has 4 nitrogen and oxygen atoms in total. The Morgan fingerprint density at radius 2 is 2.11 bits per heavy atom. The zero-order chi connectivity index (χ0) is 12.4. The third-order valence-corrected chi connectivity index (χ3v) is 3.44. The molecule has 3 rings (SSSR count). The van der Waals surface area contributed by atoms with Crippen molar-refractivity contribution in [3.63, 3.8) is 0 Å². The minimum absolute atomic E-state index is 0.376. The Balaban J connectivity index is 1.73. The molecule has 1 aromatic heterocycles. The van der Waals surface area contributed by atoms with Crippen molar-refractivity contribution in [2.45, 2.75) is 31.5 Å². The molecule has 0 aliphatic heterocycles. The van der Waals surface area contributed by atoms with Crippen molar-refractivity contribution in [2.24, 2.45) is 5.73 Å². The zero-order valence-corrected chi connectivity index (χ0v) is 10.3. The molecule has 2 aromatic rings. The molecule has 0 unspecified atom stereocenters. The molecule has 1 heterocycles. The van der Waals surface area contributed by atoms with Gasteiger partial charge in [-0.05, 0) is 30.5 Å². The average Bonchev–Trinajstić information content (AvgIpc) is 2.82. The molecule has 0 atom stereocenters. The van der Waals surface area contributed by atoms with E-state index in [9.17, 15) is 0 Å². The Morgan fingerprint density at radius 1 is 1.28 bits per heavy atom. The second kappa shape index (κ2) is 4.82. The third-order valence-electron chi connectivity index (χ3n) is 3.44. The number of nitrogens with two attached hydrogens (primary N) is 1. The second-order valence-electron chi connectivity index (χ2n) is 4.93. The van der Waals surface area contributed by atoms with Crippen molar-refractivity contribution >= 4 is 5.69 Å². The van der Waals surface area contributed by atoms with Crippen LogP contribution < -0.4 is 11.1 Å². The van der Waals surface area contributed by atoms with E-state index < -0.39 is 0 Å². The first-order valence-corrected chi connectivity index (χ1v) is 6.39. The molecule has 1 aliphatic rings. The van der Waals surface area contributed by atoms with Crippen LogP contribution in [-0.4, -0.2) is 21.9 Å². The fourth-order valence-corrected chi connectivity index (χ4v) is 2.37. The number of nitrogens with zero attached hydrogens (tertiary/aromatic N) is 2. The Morgan fingerprint density at radius 3 is 2.83 bits per heavy atom. The van der Waals surface area contributed by atoms with Crippen LogP contribution in [0.2, 0.25) is 0 Å². The van der Waals surface area contributed by atoms with Crippen LogP contribution in [0.1, 0.15) is 18.4 Å². The number of nitrogens with one attached hydrogen (secondary N) is 1. The standard InChI is InChI=1S/C14H18N4/c15-12-8-13(9-12)17-14-5-2-1-4-11(14)10-18-7-3-6-16-18/h1-7,12-13,17H,8-10,15H2. The molecule has 94 valence electrons. The van der Waals surface area contributed by atoms with Gasteiger partial charge in [0.2, 0.25) is 0 Å². The Kier molecular flexibility index (Phi) is 3.02. The summed E-state index contributed by atoms with van der Waals surface area (Å²) in [7, 11) is 0. The highest BCUT2D eigenvalue weighted by molar-refractivity contribution is 5.52. The van der Waals surface area contributed by atoms with E-state index in [2.05, 4.69) is 34.7 Å². The van der Waals surface area contributed by atoms with Crippen LogP contribution >= 0.6 is 0 Å². The zero-order valence-electron chi connectivity index (χ0n) is 10.3. The maximum atomic E-state index is 5.82. The normalized spacial score (nSPS) is 22.5. The van der Waals surface area contributed by atoms with Gasteiger partial charge in [-0.3, -0.25) is 4.68 Å². The molecule has 0 bridgehead atoms. The summed E-state index contributed by atoms with van der Waals surface area (Å²) < 4.78 is 1.94. The molecule has 0 spiro atoms. The van der Waals surface area contributed by atoms with Crippen molar-refractivity contribution in [3.05, 3.63) is 48.3 Å². The molecular formula is C14H18N4. The maximum absolute atomic E-state index is 5.82. The van der Waals surface area contributed by atoms with Gasteiger partial charge >= 0.3 is 0 Å². The average molecular weight is 242 g/mol. The van der Waals surface area contributed by atoms with Gasteiger partial charge < -0.3 is 11.1 Å². The van der Waals surface area contributed by atoms with Crippen molar-refractivity contribution in [1.29, 1.82) is 0 Å². The Labute approximate surface area is 107 Å². The van der Waals surface area contributed by atoms with Gasteiger partial charge in [-0.15, -0.1) is 0 Å². The lowest BCUT2D eigenvalue weighted by Crippen LogP contribution is -2.44. The number of hydrogen-bond donors (Lipinski definition) is 2. The van der Waals surface area contributed by atoms with Crippen LogP contribution in [0, 0.1) is 0 Å². The van der Waals surface area contributed by atoms with E-state index in [0.717, 1.165) is 19.4 Å². The summed E-state index contributed by atoms with van der Waals surface area (Å²) in [4.78, 5) is 0. The van der Waals surface area contributed by atoms with Crippen LogP contribution in [0.5, 0.6) is 0 Å². The number of hydrogen-bond acceptors (Lipinski definition) is 3. The van der Waals surface area contributed by atoms with E-state index in [-0.39, 0.29) is 0 Å². The molecule has 0 amide bonds. The van der Waals surface area contributed by atoms with Crippen molar-refractivity contribution in [2.75, 3.05) is 5.32 Å². The monoisotopic (exact) mass is 242 g/mol. The number of benzene rings is 1. The molecule has 3 N–H and O–H groups in total. The second-order valence-corrected chi connectivity index (χ2v) is 4.93. The largest absolute Gasteiger partial charge is 0.382 e. The summed E-state index contributed by atoms with van der Waals surface area (Å²) in [5, 5.41) is 7.82. The van der Waals surface area contributed by atoms with E-state index in [1.165, 1.54) is 11.3 Å². The number of anilines is 1. The summed E-state index contributed by atoms with van der Waals surface area (Å²) in [6.45, 7) is 0.801. The van der Waals surface area contributed by atoms with E-state index >= 15 is 0 Å². The van der Waals surface area contributed by atoms with Gasteiger partial charge in [0, 0.05) is 30.2 Å². The lowest BCUT2D eigenvalue weighted by molar-refractivity contribution is 0.373. The van der Waals surface area contributed by atoms with E-state index in [0.29, 0.717) is 12.1 Å². The first-order valence-electron chi connectivity index (χ1n) is 6.39. The highest BCUT2D eigenvalue weighted by atomic mass is 15.3. The van der Waals surface area contributed by atoms with Crippen molar-refractivity contribution < 1.29 is 0 Å². The summed E-state index contributed by atoms with van der Waals surface area (Å²) in [6.07, 6.45) is 5.92. The highest BCUT2D eigenvalue weighted by Gasteiger charge is 2.25. The van der Waals surface area contributed by atoms with Gasteiger partial charge in [0.1, 0.15) is 0 Å². The minimum Gasteiger partial charge on any atom is -0.382 e. The van der Waals surface area contributed by atoms with Crippen LogP contribution in [0.15, 0.2) is 42.7 Å². The lowest BCUT2D eigenvalue weighted by atomic mass is 9.87. The van der Waals surface area contributed by atoms with Gasteiger partial charge in [0.15, 0.2) is 0 Å². The van der Waals surface area contributed by atoms with Gasteiger partial charge in [-0.1, -0.05) is 18.2 Å². The Bertz CT molecular complexity index is 500. The number of para-hydroxylation sites is 1. The first kappa shape index (κ1) is 11.3. The van der Waals surface area contributed by atoms with Gasteiger partial charge in [0.25, 0.3) is 0 Å². The van der Waals surface area contributed by atoms with Crippen LogP contribution in [0.3, 0.4) is 0 Å². The molecule has 1 fully saturated rings. The van der Waals surface area contributed by atoms with E-state index in [1.807, 2.05) is 16.9 Å². The van der Waals surface area contributed by atoms with Crippen LogP contribution in [0.25, 0.3) is 0 Å². The molecular weight excluding hydrogens is 224 g/mol. The summed E-state index contributed by atoms with van der Waals surface area (Å²) in [6, 6.07) is 11.2. The van der Waals surface area contributed by atoms with E-state index in [4.69, 9.17) is 5.73 Å². The minimum atomic E-state index is 0.376. The fourth-order valence-electron chi connectivity index (χ4n) is 2.37. The van der Waals surface area contributed by atoms with Gasteiger partial charge in [-0.25, -0.2) is 0 Å². The molecule has 1 aliphatic carbocycles. The fraction of sp³-hybridized carbons (Fsp3) is 0.357. The number of aromatic nitrogens is 2. The van der Waals surface area contributed by atoms with Crippen molar-refractivity contribution in [1.82, 2.24) is 9.78 Å². The summed E-state index contributed by atoms with van der Waals surface area (Å²) >= 11 is 0. The quantitative estimate of drug-likeness (QED) is 0.860. The molecule has 18 heavy (non-hydrogen) atoms. The van der Waals surface area contributed by atoms with Crippen LogP contribution in [0.4, 0.5) is 5.69 Å². The number of rotatable bonds is 4. The van der Waals surface area contributed by atoms with E-state index in [1.54, 1.807) is 6.20 Å². The Hall–Kier alpha value is -1.81. The molecule has 0 radical (unpaired) electrons. The molecule has 1 aromatic carbocycles. The predicted octanol–water partition coefficient (Wildman–Crippen LogP) is 1.83. The SMILES string of the molecule is NC1CC(Nc2ccccc2Cn2cccn2)C1.